The van der Waals surface area contributed by atoms with Crippen molar-refractivity contribution in [2.75, 3.05) is 0 Å². The van der Waals surface area contributed by atoms with E-state index < -0.39 is 10.6 Å². The Bertz CT molecular complexity index is 94.0. The van der Waals surface area contributed by atoms with Crippen LogP contribution in [0.2, 0.25) is 0 Å². The number of alkyl halides is 2. The lowest BCUT2D eigenvalue weighted by atomic mass is 10.4. The average molecular weight is 220 g/mol. The van der Waals surface area contributed by atoms with Gasteiger partial charge in [-0.15, -0.1) is 11.6 Å². The fourth-order valence-electron chi connectivity index (χ4n) is 0.181. The third kappa shape index (κ3) is 2.90. The smallest absolute Gasteiger partial charge is 0.240 e. The largest absolute Gasteiger partial charge is 0.280 e. The topological polar surface area (TPSA) is 17.1 Å². The Kier molecular flexibility index (Phi) is 4.04. The van der Waals surface area contributed by atoms with Crippen molar-refractivity contribution in [2.24, 2.45) is 0 Å². The van der Waals surface area contributed by atoms with Crippen molar-refractivity contribution in [3.63, 3.8) is 0 Å². The lowest BCUT2D eigenvalue weighted by molar-refractivity contribution is -0.111. The highest BCUT2D eigenvalue weighted by Gasteiger charge is 2.17. The number of hydrogen-bond donors (Lipinski definition) is 0. The zero-order chi connectivity index (χ0) is 6.73. The Hall–Kier alpha value is 0.730. The molecule has 0 N–H and O–H groups in total. The predicted octanol–water partition coefficient (Wildman–Crippen LogP) is 2.14. The minimum atomic E-state index is -0.614. The van der Waals surface area contributed by atoms with E-state index in [0.717, 1.165) is 0 Å². The first-order valence-electron chi connectivity index (χ1n) is 2.03. The molecule has 0 aromatic carbocycles. The van der Waals surface area contributed by atoms with E-state index in [0.29, 0.717) is 0 Å². The molecule has 48 valence electrons. The normalized spacial score (nSPS) is 17.5. The molecule has 2 unspecified atom stereocenters. The van der Waals surface area contributed by atoms with Gasteiger partial charge in [-0.1, -0.05) is 22.9 Å². The number of hydrogen-bond acceptors (Lipinski definition) is 1. The van der Waals surface area contributed by atoms with Crippen LogP contribution in [0.5, 0.6) is 0 Å². The minimum Gasteiger partial charge on any atom is -0.280 e. The van der Waals surface area contributed by atoms with E-state index in [1.54, 1.807) is 6.92 Å². The first-order valence-corrected chi connectivity index (χ1v) is 3.76. The van der Waals surface area contributed by atoms with Gasteiger partial charge in [-0.25, -0.2) is 0 Å². The Labute approximate surface area is 66.5 Å². The summed E-state index contributed by atoms with van der Waals surface area (Å²) in [6.07, 6.45) is 0. The maximum Gasteiger partial charge on any atom is 0.240 e. The summed E-state index contributed by atoms with van der Waals surface area (Å²) >= 11 is 13.5. The van der Waals surface area contributed by atoms with Gasteiger partial charge in [0.1, 0.15) is 5.38 Å². The van der Waals surface area contributed by atoms with Crippen LogP contribution >= 0.6 is 39.1 Å². The minimum absolute atomic E-state index is 0.0610. The zero-order valence-corrected chi connectivity index (χ0v) is 7.29. The molecule has 0 saturated carbocycles. The van der Waals surface area contributed by atoms with Crippen molar-refractivity contribution < 1.29 is 4.79 Å². The Morgan fingerprint density at radius 3 is 2.12 bits per heavy atom. The molecular weight excluding hydrogens is 215 g/mol. The first kappa shape index (κ1) is 8.73. The van der Waals surface area contributed by atoms with E-state index in [1.165, 1.54) is 0 Å². The molecule has 0 aliphatic rings. The second-order valence-electron chi connectivity index (χ2n) is 1.38. The molecule has 1 nitrogen and oxygen atoms in total. The van der Waals surface area contributed by atoms with Gasteiger partial charge in [-0.3, -0.25) is 4.79 Å². The zero-order valence-electron chi connectivity index (χ0n) is 4.20. The van der Waals surface area contributed by atoms with Crippen LogP contribution in [0.3, 0.4) is 0 Å². The Balaban J connectivity index is 3.64. The number of carbonyl (C=O) groups is 1. The van der Waals surface area contributed by atoms with Crippen molar-refractivity contribution in [3.05, 3.63) is 0 Å². The molecular formula is C4H5BrCl2O. The summed E-state index contributed by atoms with van der Waals surface area (Å²) in [5, 5.41) is -1.13. The summed E-state index contributed by atoms with van der Waals surface area (Å²) in [5.41, 5.74) is 0. The highest BCUT2D eigenvalue weighted by atomic mass is 79.9. The highest BCUT2D eigenvalue weighted by Crippen LogP contribution is 2.13. The maximum atomic E-state index is 10.2. The average Bonchev–Trinajstić information content (AvgIpc) is 1.64. The van der Waals surface area contributed by atoms with Crippen molar-refractivity contribution in [2.45, 2.75) is 17.1 Å². The molecule has 0 radical (unpaired) electrons. The molecule has 0 spiro atoms. The first-order chi connectivity index (χ1) is 3.55. The fraction of sp³-hybridized carbons (Fsp3) is 0.750. The number of rotatable bonds is 2. The molecule has 0 aromatic rings. The fourth-order valence-corrected chi connectivity index (χ4v) is 0.762. The van der Waals surface area contributed by atoms with Crippen molar-refractivity contribution in [3.8, 4) is 0 Å². The molecule has 0 heterocycles. The molecule has 0 aromatic heterocycles. The number of carbonyl (C=O) groups excluding carboxylic acids is 1. The van der Waals surface area contributed by atoms with Crippen molar-refractivity contribution in [1.82, 2.24) is 0 Å². The third-order valence-corrected chi connectivity index (χ3v) is 2.38. The summed E-state index contributed by atoms with van der Waals surface area (Å²) < 4.78 is 0. The Morgan fingerprint density at radius 2 is 2.12 bits per heavy atom. The van der Waals surface area contributed by atoms with Crippen LogP contribution in [-0.2, 0) is 4.79 Å². The SMILES string of the molecule is CC(Br)C(Cl)C(=O)Cl. The van der Waals surface area contributed by atoms with Gasteiger partial charge in [0.25, 0.3) is 0 Å². The van der Waals surface area contributed by atoms with Crippen LogP contribution in [0, 0.1) is 0 Å². The standard InChI is InChI=1S/C4H5BrCl2O/c1-2(5)3(6)4(7)8/h2-3H,1H3. The summed E-state index contributed by atoms with van der Waals surface area (Å²) in [7, 11) is 0. The molecule has 0 aliphatic heterocycles. The predicted molar refractivity (Wildman–Crippen MR) is 38.9 cm³/mol. The van der Waals surface area contributed by atoms with Gasteiger partial charge in [0, 0.05) is 4.83 Å². The van der Waals surface area contributed by atoms with Gasteiger partial charge in [0.15, 0.2) is 0 Å². The van der Waals surface area contributed by atoms with E-state index >= 15 is 0 Å². The van der Waals surface area contributed by atoms with E-state index in [1.807, 2.05) is 0 Å². The van der Waals surface area contributed by atoms with Gasteiger partial charge in [0.2, 0.25) is 5.24 Å². The van der Waals surface area contributed by atoms with E-state index in [4.69, 9.17) is 23.2 Å². The molecule has 8 heavy (non-hydrogen) atoms. The molecule has 0 amide bonds. The Morgan fingerprint density at radius 1 is 1.75 bits per heavy atom. The van der Waals surface area contributed by atoms with Gasteiger partial charge in [-0.2, -0.15) is 0 Å². The highest BCUT2D eigenvalue weighted by molar-refractivity contribution is 9.09. The monoisotopic (exact) mass is 218 g/mol. The summed E-state index contributed by atoms with van der Waals surface area (Å²) in [6.45, 7) is 1.76. The molecule has 0 rings (SSSR count). The van der Waals surface area contributed by atoms with Crippen LogP contribution in [0.25, 0.3) is 0 Å². The molecule has 4 heteroatoms. The molecule has 0 aliphatic carbocycles. The van der Waals surface area contributed by atoms with Crippen LogP contribution in [0.4, 0.5) is 0 Å². The van der Waals surface area contributed by atoms with Gasteiger partial charge in [0.05, 0.1) is 0 Å². The molecule has 0 bridgehead atoms. The molecule has 0 saturated heterocycles. The van der Waals surface area contributed by atoms with E-state index in [2.05, 4.69) is 15.9 Å². The lowest BCUT2D eigenvalue weighted by Gasteiger charge is -2.03. The molecule has 2 atom stereocenters. The third-order valence-electron chi connectivity index (χ3n) is 0.620. The lowest BCUT2D eigenvalue weighted by Crippen LogP contribution is -2.17. The van der Waals surface area contributed by atoms with Crippen molar-refractivity contribution in [1.29, 1.82) is 0 Å². The van der Waals surface area contributed by atoms with E-state index in [9.17, 15) is 4.79 Å². The van der Waals surface area contributed by atoms with Crippen molar-refractivity contribution >= 4 is 44.4 Å². The van der Waals surface area contributed by atoms with Crippen LogP contribution in [0.1, 0.15) is 6.92 Å². The summed E-state index contributed by atoms with van der Waals surface area (Å²) in [6, 6.07) is 0. The second-order valence-corrected chi connectivity index (χ2v) is 3.67. The summed E-state index contributed by atoms with van der Waals surface area (Å²) in [4.78, 5) is 10.1. The summed E-state index contributed by atoms with van der Waals surface area (Å²) in [5.74, 6) is 0. The number of halogens is 3. The van der Waals surface area contributed by atoms with Gasteiger partial charge < -0.3 is 0 Å². The van der Waals surface area contributed by atoms with Crippen LogP contribution < -0.4 is 0 Å². The van der Waals surface area contributed by atoms with Crippen LogP contribution in [-0.4, -0.2) is 15.4 Å². The van der Waals surface area contributed by atoms with Crippen LogP contribution in [0.15, 0.2) is 0 Å². The quantitative estimate of drug-likeness (QED) is 0.514. The maximum absolute atomic E-state index is 10.2. The second kappa shape index (κ2) is 3.70. The van der Waals surface area contributed by atoms with E-state index in [-0.39, 0.29) is 4.83 Å². The molecule has 0 fully saturated rings. The van der Waals surface area contributed by atoms with Gasteiger partial charge >= 0.3 is 0 Å². The van der Waals surface area contributed by atoms with Gasteiger partial charge in [-0.05, 0) is 11.6 Å².